The van der Waals surface area contributed by atoms with Gasteiger partial charge in [-0.05, 0) is 89.8 Å². The number of aromatic nitrogens is 22. The van der Waals surface area contributed by atoms with Gasteiger partial charge in [0.25, 0.3) is 0 Å². The van der Waals surface area contributed by atoms with Crippen LogP contribution in [0, 0.1) is 11.6 Å². The number of allylic oxidation sites excluding steroid dienone is 1. The molecule has 1 aliphatic heterocycles. The number of ether oxygens (including phenoxy) is 1. The van der Waals surface area contributed by atoms with Crippen LogP contribution in [-0.2, 0) is 5.41 Å². The molecule has 12 heterocycles. The highest BCUT2D eigenvalue weighted by Crippen LogP contribution is 2.43. The minimum Gasteiger partial charge on any atom is -0.505 e. The van der Waals surface area contributed by atoms with E-state index in [1.165, 1.54) is 29.8 Å². The Kier molecular flexibility index (Phi) is 24.9. The normalized spacial score (nSPS) is 11.9. The van der Waals surface area contributed by atoms with Crippen molar-refractivity contribution in [2.24, 2.45) is 4.99 Å². The zero-order valence-corrected chi connectivity index (χ0v) is 76.0. The monoisotopic (exact) mass is 1910 g/mol. The maximum atomic E-state index is 13.5. The summed E-state index contributed by atoms with van der Waals surface area (Å²) in [5.41, 5.74) is 20.6. The molecular weight excluding hydrogens is 1840 g/mol. The van der Waals surface area contributed by atoms with Gasteiger partial charge in [-0.15, -0.1) is 0 Å². The molecule has 0 fully saturated rings. The number of imidazole rings is 6. The number of halogens is 6. The van der Waals surface area contributed by atoms with E-state index in [4.69, 9.17) is 51.1 Å². The van der Waals surface area contributed by atoms with Crippen molar-refractivity contribution in [3.05, 3.63) is 333 Å². The van der Waals surface area contributed by atoms with Crippen molar-refractivity contribution in [3.8, 4) is 148 Å². The lowest BCUT2D eigenvalue weighted by Crippen LogP contribution is -2.10. The first-order valence-electron chi connectivity index (χ1n) is 42.6. The number of rotatable bonds is 13. The van der Waals surface area contributed by atoms with Crippen molar-refractivity contribution in [3.63, 3.8) is 0 Å². The van der Waals surface area contributed by atoms with Crippen molar-refractivity contribution in [1.82, 2.24) is 111 Å². The highest BCUT2D eigenvalue weighted by molar-refractivity contribution is 6.42. The van der Waals surface area contributed by atoms with Crippen LogP contribution in [0.15, 0.2) is 290 Å². The van der Waals surface area contributed by atoms with Gasteiger partial charge in [-0.2, -0.15) is 25.5 Å². The summed E-state index contributed by atoms with van der Waals surface area (Å²) in [5, 5.41) is 99.5. The van der Waals surface area contributed by atoms with Crippen molar-refractivity contribution >= 4 is 124 Å². The molecule has 30 nitrogen and oxygen atoms in total. The lowest BCUT2D eigenvalue weighted by Gasteiger charge is -2.18. The van der Waals surface area contributed by atoms with Crippen LogP contribution in [0.4, 0.5) is 8.78 Å². The van der Waals surface area contributed by atoms with E-state index in [0.717, 1.165) is 77.7 Å². The zero-order chi connectivity index (χ0) is 95.6. The summed E-state index contributed by atoms with van der Waals surface area (Å²) in [7, 11) is 1.62. The maximum Gasteiger partial charge on any atom is 0.172 e. The van der Waals surface area contributed by atoms with Crippen LogP contribution in [0.1, 0.15) is 37.7 Å². The first-order valence-corrected chi connectivity index (χ1v) is 44.1. The maximum absolute atomic E-state index is 13.5. The minimum absolute atomic E-state index is 0.00530. The number of nitrogens with zero attached hydrogens (tertiary/aromatic N) is 12. The van der Waals surface area contributed by atoms with Gasteiger partial charge in [-0.25, -0.2) is 38.7 Å². The van der Waals surface area contributed by atoms with Gasteiger partial charge in [0, 0.05) is 50.5 Å². The average Bonchev–Trinajstić information content (AvgIpc) is 1.65. The Balaban J connectivity index is 0.000000106. The molecule has 0 unspecified atom stereocenters. The molecule has 23 aromatic rings. The number of hydrogen-bond donors (Lipinski definition) is 17. The molecule has 24 rings (SSSR count). The number of fused-ring (bicyclic) bond motifs is 6. The molecule has 138 heavy (non-hydrogen) atoms. The number of benzene rings is 12. The topological polar surface area (TPSA) is 458 Å². The van der Waals surface area contributed by atoms with E-state index in [1.54, 1.807) is 37.4 Å². The van der Waals surface area contributed by atoms with Gasteiger partial charge in [-0.1, -0.05) is 255 Å². The van der Waals surface area contributed by atoms with Crippen LogP contribution in [0.25, 0.3) is 186 Å². The van der Waals surface area contributed by atoms with E-state index >= 15 is 0 Å². The molecule has 0 aliphatic carbocycles. The molecule has 12 aromatic carbocycles. The Morgan fingerprint density at radius 3 is 1.02 bits per heavy atom. The van der Waals surface area contributed by atoms with Gasteiger partial charge in [0.2, 0.25) is 0 Å². The van der Waals surface area contributed by atoms with Gasteiger partial charge in [0.1, 0.15) is 91.6 Å². The standard InChI is InChI=1S/C20H20N4O.C17H11ClFN3O.C17H14N4O2.C16H10Cl2N4O.C16H11ClN4O.C16H11FN4O/c1-20(2,3)13-9-10-14-15(11-13)22-19(21-14)17-18(25)16(23-24-17)12-7-5-4-6-8-12;18-11-6-13-14(7-12(11)19)22-17(21-13)10-8-20-15(16(10)23)9-4-2-1-3-5-9;1-23-11-7-8-12-13(9-11)19-17(18-12)15-16(22)14(20-21-15)10-5-3-2-4-6-10;17-9-6-11-12(7-10(9)18)20-16(19-11)14-15(23)13(21-22-14)8-4-2-1-3-5-8;2*17-10-6-7-11-12(8-10)19-16(18-11)14-15(22)13(20-21-14)9-4-2-1-3-5-9/h4-11,25H,1-3H3,(H,21,22)(H,23,24);1-7,23H,8H2,(H,21,22);2-9,22H,1H3,(H,18,19)(H,20,21);1-7,23H,(H,19,20)(H,21,22);2*1-8,22H,(H,18,19)(H,20,21). The molecule has 0 atom stereocenters. The molecule has 36 heteroatoms. The third-order valence-corrected chi connectivity index (χ3v) is 23.6. The second-order valence-electron chi connectivity index (χ2n) is 32.4. The fraction of sp³-hybridized carbons (Fsp3) is 0.0588. The Morgan fingerprint density at radius 2 is 0.623 bits per heavy atom. The number of hydrogen-bond acceptors (Lipinski definition) is 19. The predicted molar refractivity (Wildman–Crippen MR) is 533 cm³/mol. The quantitative estimate of drug-likeness (QED) is 0.0510. The fourth-order valence-corrected chi connectivity index (χ4v) is 15.9. The van der Waals surface area contributed by atoms with Gasteiger partial charge < -0.3 is 65.3 Å². The molecule has 684 valence electrons. The number of nitrogens with one attached hydrogen (secondary N) is 11. The molecule has 17 N–H and O–H groups in total. The third kappa shape index (κ3) is 18.6. The van der Waals surface area contributed by atoms with E-state index in [0.29, 0.717) is 152 Å². The molecule has 0 amide bonds. The molecule has 1 aliphatic rings. The van der Waals surface area contributed by atoms with Crippen molar-refractivity contribution in [1.29, 1.82) is 0 Å². The first kappa shape index (κ1) is 89.7. The van der Waals surface area contributed by atoms with Gasteiger partial charge in [0.05, 0.1) is 100 Å². The van der Waals surface area contributed by atoms with Crippen LogP contribution in [-0.4, -0.2) is 161 Å². The van der Waals surface area contributed by atoms with Crippen LogP contribution < -0.4 is 4.74 Å². The Bertz CT molecular complexity index is 8220. The molecule has 0 saturated heterocycles. The largest absolute Gasteiger partial charge is 0.505 e. The van der Waals surface area contributed by atoms with E-state index in [1.807, 2.05) is 212 Å². The van der Waals surface area contributed by atoms with Crippen molar-refractivity contribution in [2.75, 3.05) is 13.7 Å². The van der Waals surface area contributed by atoms with Crippen LogP contribution in [0.2, 0.25) is 20.1 Å². The Morgan fingerprint density at radius 1 is 0.312 bits per heavy atom. The molecule has 0 spiro atoms. The average molecular weight is 1920 g/mol. The number of aromatic amines is 11. The number of aliphatic imine (C=N–C) groups is 1. The highest BCUT2D eigenvalue weighted by Gasteiger charge is 2.28. The number of H-pyrrole nitrogens is 11. The van der Waals surface area contributed by atoms with Gasteiger partial charge >= 0.3 is 0 Å². The summed E-state index contributed by atoms with van der Waals surface area (Å²) in [6, 6.07) is 84.3. The molecule has 0 saturated carbocycles. The highest BCUT2D eigenvalue weighted by atomic mass is 35.5. The van der Waals surface area contributed by atoms with Crippen LogP contribution in [0.5, 0.6) is 34.5 Å². The van der Waals surface area contributed by atoms with Crippen molar-refractivity contribution in [2.45, 2.75) is 26.2 Å². The second-order valence-corrected chi connectivity index (χ2v) is 34.1. The summed E-state index contributed by atoms with van der Waals surface area (Å²) < 4.78 is 32.0. The third-order valence-electron chi connectivity index (χ3n) is 22.3. The van der Waals surface area contributed by atoms with Gasteiger partial charge in [0.15, 0.2) is 57.9 Å². The van der Waals surface area contributed by atoms with Crippen LogP contribution in [0.3, 0.4) is 0 Å². The van der Waals surface area contributed by atoms with E-state index in [-0.39, 0.29) is 50.8 Å². The first-order chi connectivity index (χ1) is 66.9. The smallest absolute Gasteiger partial charge is 0.172 e. The Labute approximate surface area is 800 Å². The summed E-state index contributed by atoms with van der Waals surface area (Å²) in [6.07, 6.45) is 0. The SMILES string of the molecule is CC(C)(C)c1ccc2nc(-c3[nH]nc(-c4ccccc4)c3O)[nH]c2c1.COc1ccc2nc(-c3[nH]nc(-c4ccccc4)c3O)[nH]c2c1.OC1=C(c2nc3cc(Cl)c(F)cc3[nH]2)CN=C1c1ccccc1.Oc1c(-c2ccccc2)n[nH]c1-c1nc2cc(Cl)c(Cl)cc2[nH]1.Oc1c(-c2ccccc2)n[nH]c1-c1nc2ccc(Cl)cc2[nH]1.Oc1c(-c2ccccc2)n[nH]c1-c1nc2ccc(F)cc2[nH]1. The second kappa shape index (κ2) is 38.3. The van der Waals surface area contributed by atoms with Gasteiger partial charge in [-0.3, -0.25) is 30.5 Å². The molecule has 0 bridgehead atoms. The number of aliphatic hydroxyl groups is 1. The number of aromatic hydroxyl groups is 5. The van der Waals surface area contributed by atoms with Crippen LogP contribution >= 0.6 is 46.4 Å². The number of methoxy groups -OCH3 is 1. The minimum atomic E-state index is -0.514. The molecular formula is C102H77Cl4F2N23O7. The fourth-order valence-electron chi connectivity index (χ4n) is 15.3. The van der Waals surface area contributed by atoms with E-state index < -0.39 is 5.82 Å². The summed E-state index contributed by atoms with van der Waals surface area (Å²) in [6.45, 7) is 6.85. The summed E-state index contributed by atoms with van der Waals surface area (Å²) in [5.74, 6) is 3.21. The lowest BCUT2D eigenvalue weighted by atomic mass is 9.87. The molecule has 11 aromatic heterocycles. The lowest BCUT2D eigenvalue weighted by molar-refractivity contribution is 0.415. The summed E-state index contributed by atoms with van der Waals surface area (Å²) >= 11 is 23.8. The Hall–Kier alpha value is -17.5. The predicted octanol–water partition coefficient (Wildman–Crippen LogP) is 24.2. The summed E-state index contributed by atoms with van der Waals surface area (Å²) in [4.78, 5) is 49.7. The molecule has 0 radical (unpaired) electrons. The van der Waals surface area contributed by atoms with Crippen molar-refractivity contribution < 1.29 is 44.2 Å². The zero-order valence-electron chi connectivity index (χ0n) is 73.0. The number of aliphatic hydroxyl groups excluding tert-OH is 1. The van der Waals surface area contributed by atoms with E-state index in [2.05, 4.69) is 149 Å². The van der Waals surface area contributed by atoms with E-state index in [9.17, 15) is 39.4 Å².